The minimum atomic E-state index is -0.490. The molecule has 0 spiro atoms. The molecule has 2 N–H and O–H groups in total. The molecule has 1 heterocycles. The highest BCUT2D eigenvalue weighted by Crippen LogP contribution is 2.09. The van der Waals surface area contributed by atoms with Crippen LogP contribution >= 0.6 is 0 Å². The number of nitrogens with zero attached hydrogens (tertiary/aromatic N) is 1. The molecule has 1 saturated heterocycles. The van der Waals surface area contributed by atoms with Crippen LogP contribution in [0.5, 0.6) is 0 Å². The normalized spacial score (nSPS) is 17.2. The Morgan fingerprint density at radius 2 is 2.11 bits per heavy atom. The molecule has 1 atom stereocenters. The van der Waals surface area contributed by atoms with E-state index in [4.69, 9.17) is 0 Å². The van der Waals surface area contributed by atoms with Gasteiger partial charge in [0.1, 0.15) is 0 Å². The van der Waals surface area contributed by atoms with Crippen molar-refractivity contribution in [2.75, 3.05) is 19.6 Å². The largest absolute Gasteiger partial charge is 0.390 e. The van der Waals surface area contributed by atoms with E-state index in [9.17, 15) is 9.90 Å². The first kappa shape index (κ1) is 13.1. The first-order valence-electron chi connectivity index (χ1n) is 6.46. The summed E-state index contributed by atoms with van der Waals surface area (Å²) in [5, 5.41) is 13.1. The van der Waals surface area contributed by atoms with Crippen LogP contribution in [0, 0.1) is 0 Å². The minimum Gasteiger partial charge on any atom is -0.390 e. The van der Waals surface area contributed by atoms with Crippen LogP contribution in [-0.2, 0) is 11.3 Å². The number of amides is 1. The van der Waals surface area contributed by atoms with E-state index in [2.05, 4.69) is 5.32 Å². The van der Waals surface area contributed by atoms with Crippen LogP contribution in [-0.4, -0.2) is 41.7 Å². The van der Waals surface area contributed by atoms with Crippen molar-refractivity contribution in [3.05, 3.63) is 35.9 Å². The Bertz CT molecular complexity index is 381. The molecule has 1 unspecified atom stereocenters. The molecule has 4 nitrogen and oxygen atoms in total. The zero-order valence-electron chi connectivity index (χ0n) is 10.5. The predicted molar refractivity (Wildman–Crippen MR) is 70.0 cm³/mol. The summed E-state index contributed by atoms with van der Waals surface area (Å²) in [4.78, 5) is 13.1. The maximum atomic E-state index is 11.4. The van der Waals surface area contributed by atoms with E-state index in [1.54, 1.807) is 4.90 Å². The molecule has 18 heavy (non-hydrogen) atoms. The van der Waals surface area contributed by atoms with E-state index < -0.39 is 6.10 Å². The lowest BCUT2D eigenvalue weighted by molar-refractivity contribution is -0.128. The van der Waals surface area contributed by atoms with Crippen molar-refractivity contribution in [1.82, 2.24) is 10.2 Å². The maximum absolute atomic E-state index is 11.4. The van der Waals surface area contributed by atoms with Crippen LogP contribution in [0.25, 0.3) is 0 Å². The highest BCUT2D eigenvalue weighted by molar-refractivity contribution is 5.78. The highest BCUT2D eigenvalue weighted by atomic mass is 16.3. The molecule has 0 aromatic heterocycles. The zero-order valence-corrected chi connectivity index (χ0v) is 10.5. The van der Waals surface area contributed by atoms with Crippen molar-refractivity contribution in [3.8, 4) is 0 Å². The summed E-state index contributed by atoms with van der Waals surface area (Å²) in [6.07, 6.45) is 1.06. The summed E-state index contributed by atoms with van der Waals surface area (Å²) in [6.45, 7) is 2.49. The number of aliphatic hydroxyl groups is 1. The number of carbonyl (C=O) groups is 1. The quantitative estimate of drug-likeness (QED) is 0.781. The lowest BCUT2D eigenvalue weighted by Gasteiger charge is -2.20. The number of benzene rings is 1. The second kappa shape index (κ2) is 6.52. The Balaban J connectivity index is 1.66. The van der Waals surface area contributed by atoms with Crippen molar-refractivity contribution in [1.29, 1.82) is 0 Å². The van der Waals surface area contributed by atoms with E-state index in [0.29, 0.717) is 19.5 Å². The van der Waals surface area contributed by atoms with E-state index >= 15 is 0 Å². The van der Waals surface area contributed by atoms with Gasteiger partial charge in [-0.25, -0.2) is 0 Å². The van der Waals surface area contributed by atoms with Gasteiger partial charge in [0.15, 0.2) is 0 Å². The number of rotatable bonds is 6. The molecule has 4 heteroatoms. The molecule has 0 bridgehead atoms. The molecule has 0 aliphatic carbocycles. The van der Waals surface area contributed by atoms with Crippen molar-refractivity contribution in [2.45, 2.75) is 25.5 Å². The monoisotopic (exact) mass is 248 g/mol. The van der Waals surface area contributed by atoms with Crippen molar-refractivity contribution >= 4 is 5.91 Å². The fraction of sp³-hybridized carbons (Fsp3) is 0.500. The Kier molecular flexibility index (Phi) is 4.73. The third-order valence-corrected chi connectivity index (χ3v) is 3.15. The molecule has 1 aliphatic heterocycles. The summed E-state index contributed by atoms with van der Waals surface area (Å²) >= 11 is 0. The predicted octanol–water partition coefficient (Wildman–Crippen LogP) is 0.759. The third-order valence-electron chi connectivity index (χ3n) is 3.15. The Morgan fingerprint density at radius 3 is 2.78 bits per heavy atom. The first-order chi connectivity index (χ1) is 8.75. The van der Waals surface area contributed by atoms with Gasteiger partial charge in [-0.1, -0.05) is 30.3 Å². The molecule has 1 aliphatic rings. The van der Waals surface area contributed by atoms with Crippen LogP contribution in [0.15, 0.2) is 30.3 Å². The molecular formula is C14H20N2O2. The van der Waals surface area contributed by atoms with Crippen LogP contribution < -0.4 is 5.32 Å². The summed E-state index contributed by atoms with van der Waals surface area (Å²) in [6, 6.07) is 10.1. The topological polar surface area (TPSA) is 52.6 Å². The van der Waals surface area contributed by atoms with Gasteiger partial charge in [0.2, 0.25) is 5.91 Å². The van der Waals surface area contributed by atoms with Crippen LogP contribution in [0.2, 0.25) is 0 Å². The number of aliphatic hydroxyl groups excluding tert-OH is 1. The molecule has 1 amide bonds. The van der Waals surface area contributed by atoms with Gasteiger partial charge in [-0.05, 0) is 12.0 Å². The third kappa shape index (κ3) is 3.82. The average Bonchev–Trinajstić information content (AvgIpc) is 2.76. The van der Waals surface area contributed by atoms with Gasteiger partial charge in [0.05, 0.1) is 6.10 Å². The fourth-order valence-corrected chi connectivity index (χ4v) is 2.19. The number of carbonyl (C=O) groups excluding carboxylic acids is 1. The number of hydrogen-bond donors (Lipinski definition) is 2. The molecule has 1 fully saturated rings. The summed E-state index contributed by atoms with van der Waals surface area (Å²) in [5.74, 6) is 0.164. The van der Waals surface area contributed by atoms with E-state index in [0.717, 1.165) is 19.5 Å². The molecular weight excluding hydrogens is 228 g/mol. The van der Waals surface area contributed by atoms with Crippen molar-refractivity contribution in [3.63, 3.8) is 0 Å². The lowest BCUT2D eigenvalue weighted by atomic mass is 10.2. The highest BCUT2D eigenvalue weighted by Gasteiger charge is 2.22. The standard InChI is InChI=1S/C14H20N2O2/c17-13(11-16-8-4-7-14(16)18)10-15-9-12-5-2-1-3-6-12/h1-3,5-6,13,15,17H,4,7-11H2. The summed E-state index contributed by atoms with van der Waals surface area (Å²) in [7, 11) is 0. The zero-order chi connectivity index (χ0) is 12.8. The second-order valence-corrected chi connectivity index (χ2v) is 4.71. The molecule has 2 rings (SSSR count). The lowest BCUT2D eigenvalue weighted by Crippen LogP contribution is -2.38. The molecule has 0 saturated carbocycles. The number of likely N-dealkylation sites (tertiary alicyclic amines) is 1. The minimum absolute atomic E-state index is 0.164. The van der Waals surface area contributed by atoms with Crippen molar-refractivity contribution < 1.29 is 9.90 Å². The summed E-state index contributed by atoms with van der Waals surface area (Å²) < 4.78 is 0. The maximum Gasteiger partial charge on any atom is 0.222 e. The summed E-state index contributed by atoms with van der Waals surface area (Å²) in [5.41, 5.74) is 1.20. The van der Waals surface area contributed by atoms with Gasteiger partial charge in [-0.2, -0.15) is 0 Å². The molecule has 1 aromatic rings. The Labute approximate surface area is 108 Å². The SMILES string of the molecule is O=C1CCCN1CC(O)CNCc1ccccc1. The number of nitrogens with one attached hydrogen (secondary N) is 1. The number of hydrogen-bond acceptors (Lipinski definition) is 3. The van der Waals surface area contributed by atoms with Gasteiger partial charge in [0.25, 0.3) is 0 Å². The van der Waals surface area contributed by atoms with Crippen LogP contribution in [0.4, 0.5) is 0 Å². The molecule has 1 aromatic carbocycles. The van der Waals surface area contributed by atoms with E-state index in [-0.39, 0.29) is 5.91 Å². The second-order valence-electron chi connectivity index (χ2n) is 4.71. The number of β-amino-alcohol motifs (C(OH)–C–C–N with tert-alkyl or cyclic N) is 1. The van der Waals surface area contributed by atoms with Crippen LogP contribution in [0.3, 0.4) is 0 Å². The van der Waals surface area contributed by atoms with Gasteiger partial charge >= 0.3 is 0 Å². The smallest absolute Gasteiger partial charge is 0.222 e. The first-order valence-corrected chi connectivity index (χ1v) is 6.46. The van der Waals surface area contributed by atoms with Crippen molar-refractivity contribution in [2.24, 2.45) is 0 Å². The van der Waals surface area contributed by atoms with Gasteiger partial charge in [0, 0.05) is 32.6 Å². The Morgan fingerprint density at radius 1 is 1.33 bits per heavy atom. The average molecular weight is 248 g/mol. The molecule has 0 radical (unpaired) electrons. The van der Waals surface area contributed by atoms with Crippen LogP contribution in [0.1, 0.15) is 18.4 Å². The van der Waals surface area contributed by atoms with Gasteiger partial charge in [-0.3, -0.25) is 4.79 Å². The fourth-order valence-electron chi connectivity index (χ4n) is 2.19. The van der Waals surface area contributed by atoms with Gasteiger partial charge < -0.3 is 15.3 Å². The van der Waals surface area contributed by atoms with Gasteiger partial charge in [-0.15, -0.1) is 0 Å². The van der Waals surface area contributed by atoms with E-state index in [1.807, 2.05) is 30.3 Å². The van der Waals surface area contributed by atoms with E-state index in [1.165, 1.54) is 5.56 Å². The molecule has 98 valence electrons. The Hall–Kier alpha value is -1.39.